The Labute approximate surface area is 201 Å². The lowest BCUT2D eigenvalue weighted by Crippen LogP contribution is -2.67. The summed E-state index contributed by atoms with van der Waals surface area (Å²) in [5, 5.41) is 21.4. The van der Waals surface area contributed by atoms with Crippen molar-refractivity contribution in [2.24, 2.45) is 56.7 Å². The van der Waals surface area contributed by atoms with Crippen LogP contribution in [0.15, 0.2) is 12.2 Å². The van der Waals surface area contributed by atoms with Gasteiger partial charge in [0.2, 0.25) is 0 Å². The van der Waals surface area contributed by atoms with Gasteiger partial charge in [0.25, 0.3) is 0 Å². The molecular formula is C30H48O3. The fourth-order valence-corrected chi connectivity index (χ4v) is 11.5. The van der Waals surface area contributed by atoms with E-state index in [0.717, 1.165) is 38.5 Å². The van der Waals surface area contributed by atoms with E-state index in [-0.39, 0.29) is 33.7 Å². The smallest absolute Gasteiger partial charge is 0.309 e. The van der Waals surface area contributed by atoms with E-state index < -0.39 is 11.4 Å². The summed E-state index contributed by atoms with van der Waals surface area (Å²) < 4.78 is 0. The maximum absolute atomic E-state index is 12.8. The fraction of sp³-hybridized carbons (Fsp3) is 0.900. The predicted molar refractivity (Wildman–Crippen MR) is 133 cm³/mol. The lowest BCUT2D eigenvalue weighted by Gasteiger charge is -2.72. The van der Waals surface area contributed by atoms with Gasteiger partial charge in [-0.3, -0.25) is 4.79 Å². The Hall–Kier alpha value is -0.830. The molecule has 0 aromatic carbocycles. The standard InChI is InChI=1S/C30H48O3/c1-18(2)19-10-15-30(25(32)33)17-16-28(6)20(24(19)30)8-9-22-27(5)13-12-23(31)26(3,4)21(27)11-14-29(22,28)7/h19-24,31H,1,8-17H2,2-7H3,(H,32,33)/t19-,20?,21?,22?,23-,24?,27-,28-,29+,30?/m0/s1. The van der Waals surface area contributed by atoms with Crippen molar-refractivity contribution in [1.29, 1.82) is 0 Å². The maximum Gasteiger partial charge on any atom is 0.309 e. The van der Waals surface area contributed by atoms with Crippen LogP contribution in [0.25, 0.3) is 0 Å². The third kappa shape index (κ3) is 2.75. The van der Waals surface area contributed by atoms with Crippen LogP contribution >= 0.6 is 0 Å². The van der Waals surface area contributed by atoms with Gasteiger partial charge in [-0.1, -0.05) is 46.8 Å². The minimum absolute atomic E-state index is 0.0202. The number of aliphatic carboxylic acids is 1. The summed E-state index contributed by atoms with van der Waals surface area (Å²) in [4.78, 5) is 12.8. The second-order valence-corrected chi connectivity index (χ2v) is 14.5. The fourth-order valence-electron chi connectivity index (χ4n) is 11.5. The van der Waals surface area contributed by atoms with Crippen molar-refractivity contribution in [2.75, 3.05) is 0 Å². The summed E-state index contributed by atoms with van der Waals surface area (Å²) in [5.74, 6) is 1.79. The predicted octanol–water partition coefficient (Wildman–Crippen LogP) is 7.09. The van der Waals surface area contributed by atoms with Crippen LogP contribution in [0, 0.1) is 56.7 Å². The second kappa shape index (κ2) is 7.11. The number of aliphatic hydroxyl groups is 1. The van der Waals surface area contributed by atoms with Crippen molar-refractivity contribution in [3.63, 3.8) is 0 Å². The second-order valence-electron chi connectivity index (χ2n) is 14.5. The number of fused-ring (bicyclic) bond motifs is 7. The Morgan fingerprint density at radius 3 is 2.15 bits per heavy atom. The van der Waals surface area contributed by atoms with E-state index >= 15 is 0 Å². The summed E-state index contributed by atoms with van der Waals surface area (Å²) in [6.07, 6.45) is 10.5. The molecule has 2 N–H and O–H groups in total. The monoisotopic (exact) mass is 456 g/mol. The molecule has 33 heavy (non-hydrogen) atoms. The molecule has 0 aromatic rings. The molecule has 0 radical (unpaired) electrons. The van der Waals surface area contributed by atoms with Crippen LogP contribution < -0.4 is 0 Å². The Kier molecular flexibility index (Phi) is 5.15. The molecule has 186 valence electrons. The van der Waals surface area contributed by atoms with Crippen molar-refractivity contribution in [3.05, 3.63) is 12.2 Å². The molecule has 0 amide bonds. The number of carbonyl (C=O) groups is 1. The Morgan fingerprint density at radius 2 is 1.52 bits per heavy atom. The van der Waals surface area contributed by atoms with Gasteiger partial charge in [0.05, 0.1) is 11.5 Å². The summed E-state index contributed by atoms with van der Waals surface area (Å²) in [5.41, 5.74) is 1.35. The lowest BCUT2D eigenvalue weighted by atomic mass is 9.32. The molecule has 5 fully saturated rings. The first-order valence-corrected chi connectivity index (χ1v) is 13.8. The minimum atomic E-state index is -0.538. The van der Waals surface area contributed by atoms with Crippen LogP contribution in [0.4, 0.5) is 0 Å². The topological polar surface area (TPSA) is 57.5 Å². The van der Waals surface area contributed by atoms with Crippen LogP contribution in [0.5, 0.6) is 0 Å². The molecule has 5 rings (SSSR count). The van der Waals surface area contributed by atoms with Gasteiger partial charge in [-0.05, 0) is 122 Å². The minimum Gasteiger partial charge on any atom is -0.481 e. The Morgan fingerprint density at radius 1 is 0.818 bits per heavy atom. The van der Waals surface area contributed by atoms with E-state index in [4.69, 9.17) is 0 Å². The van der Waals surface area contributed by atoms with Crippen LogP contribution in [0.1, 0.15) is 106 Å². The number of aliphatic hydroxyl groups excluding tert-OH is 1. The zero-order chi connectivity index (χ0) is 24.2. The molecule has 0 saturated heterocycles. The van der Waals surface area contributed by atoms with E-state index in [1.54, 1.807) is 0 Å². The first-order valence-electron chi connectivity index (χ1n) is 13.8. The molecule has 5 saturated carbocycles. The molecule has 0 heterocycles. The largest absolute Gasteiger partial charge is 0.481 e. The van der Waals surface area contributed by atoms with Gasteiger partial charge < -0.3 is 10.2 Å². The average Bonchev–Trinajstić information content (AvgIpc) is 3.13. The first-order chi connectivity index (χ1) is 15.3. The quantitative estimate of drug-likeness (QED) is 0.436. The van der Waals surface area contributed by atoms with Gasteiger partial charge in [0, 0.05) is 0 Å². The maximum atomic E-state index is 12.8. The number of carboxylic acids is 1. The van der Waals surface area contributed by atoms with E-state index in [1.165, 1.54) is 31.3 Å². The Balaban J connectivity index is 1.57. The number of rotatable bonds is 2. The summed E-state index contributed by atoms with van der Waals surface area (Å²) >= 11 is 0. The van der Waals surface area contributed by atoms with E-state index in [1.807, 2.05) is 0 Å². The van der Waals surface area contributed by atoms with Gasteiger partial charge >= 0.3 is 5.97 Å². The molecule has 5 aliphatic carbocycles. The van der Waals surface area contributed by atoms with Crippen LogP contribution in [0.3, 0.4) is 0 Å². The molecule has 0 bridgehead atoms. The SMILES string of the molecule is C=C(C)[C@@H]1CCC2(C(=O)O)CC[C@@]3(C)C(CCC4[C@@]5(C)CC[C@H](O)C(C)(C)C5CC[C@]43C)C12. The molecule has 3 nitrogen and oxygen atoms in total. The molecule has 10 atom stereocenters. The zero-order valence-corrected chi connectivity index (χ0v) is 22.0. The van der Waals surface area contributed by atoms with E-state index in [9.17, 15) is 15.0 Å². The normalized spacial score (nSPS) is 55.0. The molecular weight excluding hydrogens is 408 g/mol. The molecule has 3 heteroatoms. The molecule has 0 spiro atoms. The Bertz CT molecular complexity index is 861. The van der Waals surface area contributed by atoms with Gasteiger partial charge in [0.15, 0.2) is 0 Å². The summed E-state index contributed by atoms with van der Waals surface area (Å²) in [6, 6.07) is 0. The molecule has 0 aliphatic heterocycles. The van der Waals surface area contributed by atoms with Crippen molar-refractivity contribution in [1.82, 2.24) is 0 Å². The van der Waals surface area contributed by atoms with Crippen LogP contribution in [0.2, 0.25) is 0 Å². The molecule has 5 aliphatic rings. The van der Waals surface area contributed by atoms with Crippen molar-refractivity contribution in [2.45, 2.75) is 112 Å². The number of hydrogen-bond donors (Lipinski definition) is 2. The lowest BCUT2D eigenvalue weighted by molar-refractivity contribution is -0.248. The third-order valence-corrected chi connectivity index (χ3v) is 13.5. The van der Waals surface area contributed by atoms with Gasteiger partial charge in [-0.15, -0.1) is 0 Å². The van der Waals surface area contributed by atoms with Gasteiger partial charge in [-0.25, -0.2) is 0 Å². The van der Waals surface area contributed by atoms with Gasteiger partial charge in [0.1, 0.15) is 0 Å². The number of carboxylic acid groups (broad SMARTS) is 1. The highest BCUT2D eigenvalue weighted by molar-refractivity contribution is 5.76. The highest BCUT2D eigenvalue weighted by Gasteiger charge is 2.71. The van der Waals surface area contributed by atoms with Crippen molar-refractivity contribution in [3.8, 4) is 0 Å². The van der Waals surface area contributed by atoms with Gasteiger partial charge in [-0.2, -0.15) is 0 Å². The number of hydrogen-bond acceptors (Lipinski definition) is 2. The van der Waals surface area contributed by atoms with Crippen LogP contribution in [-0.4, -0.2) is 22.3 Å². The highest BCUT2D eigenvalue weighted by Crippen LogP contribution is 2.77. The summed E-state index contributed by atoms with van der Waals surface area (Å²) in [6.45, 7) is 18.8. The highest BCUT2D eigenvalue weighted by atomic mass is 16.4. The van der Waals surface area contributed by atoms with Crippen LogP contribution in [-0.2, 0) is 4.79 Å². The average molecular weight is 457 g/mol. The summed E-state index contributed by atoms with van der Waals surface area (Å²) in [7, 11) is 0. The molecule has 0 aromatic heterocycles. The van der Waals surface area contributed by atoms with Crippen molar-refractivity contribution >= 4 is 5.97 Å². The number of allylic oxidation sites excluding steroid dienone is 1. The third-order valence-electron chi connectivity index (χ3n) is 13.5. The zero-order valence-electron chi connectivity index (χ0n) is 22.0. The van der Waals surface area contributed by atoms with E-state index in [0.29, 0.717) is 23.7 Å². The molecule has 5 unspecified atom stereocenters. The van der Waals surface area contributed by atoms with Crippen molar-refractivity contribution < 1.29 is 15.0 Å². The first kappa shape index (κ1) is 23.9. The van der Waals surface area contributed by atoms with E-state index in [2.05, 4.69) is 48.1 Å².